The molecule has 2 amide bonds. The molecule has 0 spiro atoms. The van der Waals surface area contributed by atoms with E-state index < -0.39 is 17.4 Å². The molecule has 0 saturated carbocycles. The molecule has 116 valence electrons. The number of halogens is 1. The fourth-order valence-electron chi connectivity index (χ4n) is 1.77. The third-order valence-corrected chi connectivity index (χ3v) is 3.33. The van der Waals surface area contributed by atoms with E-state index in [-0.39, 0.29) is 12.6 Å². The predicted molar refractivity (Wildman–Crippen MR) is 82.1 cm³/mol. The second kappa shape index (κ2) is 7.43. The normalized spacial score (nSPS) is 13.6. The Balaban J connectivity index is 2.74. The molecule has 0 heterocycles. The van der Waals surface area contributed by atoms with Crippen LogP contribution >= 0.6 is 11.6 Å². The summed E-state index contributed by atoms with van der Waals surface area (Å²) in [6.07, 6.45) is 0. The van der Waals surface area contributed by atoms with Gasteiger partial charge in [0.25, 0.3) is 0 Å². The molecule has 0 aliphatic carbocycles. The standard InChI is InChI=1S/C15H21ClN2O3/c1-10(2)18-14(20)13(19)17-9-15(3,21-4)11-6-5-7-12(16)8-11/h5-8,10H,9H2,1-4H3,(H,17,19)(H,18,20). The van der Waals surface area contributed by atoms with E-state index in [4.69, 9.17) is 16.3 Å². The van der Waals surface area contributed by atoms with Crippen molar-refractivity contribution in [3.8, 4) is 0 Å². The Bertz CT molecular complexity index is 519. The van der Waals surface area contributed by atoms with Crippen LogP contribution in [0.4, 0.5) is 0 Å². The van der Waals surface area contributed by atoms with E-state index in [0.717, 1.165) is 5.56 Å². The predicted octanol–water partition coefficient (Wildman–Crippen LogP) is 1.84. The van der Waals surface area contributed by atoms with Gasteiger partial charge in [-0.3, -0.25) is 9.59 Å². The van der Waals surface area contributed by atoms with E-state index in [1.54, 1.807) is 33.1 Å². The van der Waals surface area contributed by atoms with Crippen LogP contribution in [-0.4, -0.2) is 31.5 Å². The first kappa shape index (κ1) is 17.5. The minimum atomic E-state index is -0.765. The van der Waals surface area contributed by atoms with Crippen molar-refractivity contribution in [2.75, 3.05) is 13.7 Å². The van der Waals surface area contributed by atoms with Crippen LogP contribution in [0.2, 0.25) is 5.02 Å². The summed E-state index contributed by atoms with van der Waals surface area (Å²) in [6.45, 7) is 5.56. The van der Waals surface area contributed by atoms with E-state index in [9.17, 15) is 9.59 Å². The quantitative estimate of drug-likeness (QED) is 0.815. The van der Waals surface area contributed by atoms with Gasteiger partial charge in [-0.1, -0.05) is 23.7 Å². The summed E-state index contributed by atoms with van der Waals surface area (Å²) in [6, 6.07) is 7.10. The summed E-state index contributed by atoms with van der Waals surface area (Å²) >= 11 is 5.97. The highest BCUT2D eigenvalue weighted by atomic mass is 35.5. The summed E-state index contributed by atoms with van der Waals surface area (Å²) < 4.78 is 5.49. The topological polar surface area (TPSA) is 67.4 Å². The molecule has 0 saturated heterocycles. The zero-order valence-electron chi connectivity index (χ0n) is 12.7. The van der Waals surface area contributed by atoms with E-state index in [1.807, 2.05) is 19.1 Å². The van der Waals surface area contributed by atoms with Crippen molar-refractivity contribution in [1.82, 2.24) is 10.6 Å². The highest BCUT2D eigenvalue weighted by molar-refractivity contribution is 6.35. The van der Waals surface area contributed by atoms with Gasteiger partial charge in [0.15, 0.2) is 0 Å². The van der Waals surface area contributed by atoms with Gasteiger partial charge in [0.2, 0.25) is 0 Å². The molecule has 1 aromatic carbocycles. The van der Waals surface area contributed by atoms with Gasteiger partial charge in [-0.15, -0.1) is 0 Å². The smallest absolute Gasteiger partial charge is 0.309 e. The Morgan fingerprint density at radius 3 is 2.52 bits per heavy atom. The highest BCUT2D eigenvalue weighted by Gasteiger charge is 2.28. The lowest BCUT2D eigenvalue weighted by molar-refractivity contribution is -0.140. The SMILES string of the molecule is COC(C)(CNC(=O)C(=O)NC(C)C)c1cccc(Cl)c1. The van der Waals surface area contributed by atoms with Crippen LogP contribution in [0.1, 0.15) is 26.3 Å². The molecular formula is C15H21ClN2O3. The van der Waals surface area contributed by atoms with Gasteiger partial charge in [-0.2, -0.15) is 0 Å². The maximum Gasteiger partial charge on any atom is 0.309 e. The monoisotopic (exact) mass is 312 g/mol. The molecule has 0 aromatic heterocycles. The maximum atomic E-state index is 11.7. The molecule has 0 radical (unpaired) electrons. The van der Waals surface area contributed by atoms with Crippen LogP contribution in [0.3, 0.4) is 0 Å². The molecule has 0 aliphatic rings. The average Bonchev–Trinajstić information content (AvgIpc) is 2.43. The first-order valence-electron chi connectivity index (χ1n) is 6.68. The number of methoxy groups -OCH3 is 1. The highest BCUT2D eigenvalue weighted by Crippen LogP contribution is 2.26. The zero-order valence-corrected chi connectivity index (χ0v) is 13.5. The van der Waals surface area contributed by atoms with Crippen LogP contribution in [-0.2, 0) is 19.9 Å². The van der Waals surface area contributed by atoms with E-state index >= 15 is 0 Å². The lowest BCUT2D eigenvalue weighted by Gasteiger charge is -2.29. The second-order valence-corrected chi connectivity index (χ2v) is 5.69. The van der Waals surface area contributed by atoms with Gasteiger partial charge < -0.3 is 15.4 Å². The molecule has 5 nitrogen and oxygen atoms in total. The van der Waals surface area contributed by atoms with Crippen LogP contribution < -0.4 is 10.6 Å². The Morgan fingerprint density at radius 2 is 2.00 bits per heavy atom. The molecular weight excluding hydrogens is 292 g/mol. The summed E-state index contributed by atoms with van der Waals surface area (Å²) in [7, 11) is 1.54. The van der Waals surface area contributed by atoms with Crippen molar-refractivity contribution in [1.29, 1.82) is 0 Å². The van der Waals surface area contributed by atoms with Crippen molar-refractivity contribution >= 4 is 23.4 Å². The fraction of sp³-hybridized carbons (Fsp3) is 0.467. The molecule has 1 atom stereocenters. The van der Waals surface area contributed by atoms with Crippen LogP contribution in [0.25, 0.3) is 0 Å². The maximum absolute atomic E-state index is 11.7. The fourth-order valence-corrected chi connectivity index (χ4v) is 1.96. The number of nitrogens with one attached hydrogen (secondary N) is 2. The van der Waals surface area contributed by atoms with Crippen LogP contribution in [0.5, 0.6) is 0 Å². The van der Waals surface area contributed by atoms with Gasteiger partial charge in [0.1, 0.15) is 5.60 Å². The minimum Gasteiger partial charge on any atom is -0.372 e. The number of amides is 2. The van der Waals surface area contributed by atoms with Crippen LogP contribution in [0.15, 0.2) is 24.3 Å². The molecule has 0 bridgehead atoms. The minimum absolute atomic E-state index is 0.0926. The molecule has 1 aromatic rings. The second-order valence-electron chi connectivity index (χ2n) is 5.26. The molecule has 0 aliphatic heterocycles. The van der Waals surface area contributed by atoms with Gasteiger partial charge in [-0.25, -0.2) is 0 Å². The molecule has 1 unspecified atom stereocenters. The zero-order chi connectivity index (χ0) is 16.0. The molecule has 6 heteroatoms. The van der Waals surface area contributed by atoms with Gasteiger partial charge in [0.05, 0.1) is 6.54 Å². The molecule has 21 heavy (non-hydrogen) atoms. The first-order chi connectivity index (χ1) is 9.78. The molecule has 1 rings (SSSR count). The molecule has 2 N–H and O–H groups in total. The van der Waals surface area contributed by atoms with Gasteiger partial charge >= 0.3 is 11.8 Å². The number of ether oxygens (including phenoxy) is 1. The Kier molecular flexibility index (Phi) is 6.18. The van der Waals surface area contributed by atoms with E-state index in [1.165, 1.54) is 0 Å². The van der Waals surface area contributed by atoms with Crippen molar-refractivity contribution in [3.05, 3.63) is 34.9 Å². The number of rotatable bonds is 5. The third-order valence-electron chi connectivity index (χ3n) is 3.10. The summed E-state index contributed by atoms with van der Waals surface area (Å²) in [5, 5.41) is 5.69. The van der Waals surface area contributed by atoms with Crippen molar-refractivity contribution in [2.45, 2.75) is 32.4 Å². The van der Waals surface area contributed by atoms with Gasteiger partial charge in [-0.05, 0) is 38.5 Å². The Morgan fingerprint density at radius 1 is 1.33 bits per heavy atom. The first-order valence-corrected chi connectivity index (χ1v) is 7.06. The summed E-state index contributed by atoms with van der Waals surface area (Å²) in [5.74, 6) is -1.34. The average molecular weight is 313 g/mol. The van der Waals surface area contributed by atoms with Crippen molar-refractivity contribution in [3.63, 3.8) is 0 Å². The summed E-state index contributed by atoms with van der Waals surface area (Å²) in [5.41, 5.74) is 0.0562. The number of benzene rings is 1. The third kappa shape index (κ3) is 5.02. The summed E-state index contributed by atoms with van der Waals surface area (Å²) in [4.78, 5) is 23.3. The van der Waals surface area contributed by atoms with Crippen LogP contribution in [0, 0.1) is 0 Å². The van der Waals surface area contributed by atoms with E-state index in [0.29, 0.717) is 5.02 Å². The number of hydrogen-bond acceptors (Lipinski definition) is 3. The Hall–Kier alpha value is -1.59. The largest absolute Gasteiger partial charge is 0.372 e. The Labute approximate surface area is 130 Å². The van der Waals surface area contributed by atoms with Crippen molar-refractivity contribution in [2.24, 2.45) is 0 Å². The van der Waals surface area contributed by atoms with E-state index in [2.05, 4.69) is 10.6 Å². The lowest BCUT2D eigenvalue weighted by atomic mass is 9.95. The lowest BCUT2D eigenvalue weighted by Crippen LogP contribution is -2.47. The molecule has 0 fully saturated rings. The number of hydrogen-bond donors (Lipinski definition) is 2. The van der Waals surface area contributed by atoms with Crippen molar-refractivity contribution < 1.29 is 14.3 Å². The number of carbonyl (C=O) groups excluding carboxylic acids is 2. The number of carbonyl (C=O) groups is 2. The van der Waals surface area contributed by atoms with Gasteiger partial charge in [0, 0.05) is 18.2 Å².